The molecule has 1 saturated heterocycles. The standard InChI is InChI=1S/C21H20ClF3O3S/c1-14(10-15-2-6-17(7-3-15)21(23,24)25)20-27-11-19(12-28-20)29(26)13-16-4-8-18(22)9-5-16/h2-10,19-20H,11-13H2,1H3. The topological polar surface area (TPSA) is 35.5 Å². The number of hydrogen-bond acceptors (Lipinski definition) is 3. The lowest BCUT2D eigenvalue weighted by Gasteiger charge is -2.29. The molecule has 0 bridgehead atoms. The average molecular weight is 445 g/mol. The summed E-state index contributed by atoms with van der Waals surface area (Å²) in [6.07, 6.45) is -3.25. The van der Waals surface area contributed by atoms with Crippen molar-refractivity contribution in [3.63, 3.8) is 0 Å². The minimum Gasteiger partial charge on any atom is -0.347 e. The summed E-state index contributed by atoms with van der Waals surface area (Å²) in [7, 11) is -1.16. The Morgan fingerprint density at radius 3 is 2.24 bits per heavy atom. The first kappa shape index (κ1) is 22.0. The third kappa shape index (κ3) is 6.15. The van der Waals surface area contributed by atoms with E-state index in [0.29, 0.717) is 16.3 Å². The van der Waals surface area contributed by atoms with Crippen LogP contribution in [0.25, 0.3) is 6.08 Å². The van der Waals surface area contributed by atoms with Crippen molar-refractivity contribution < 1.29 is 26.9 Å². The van der Waals surface area contributed by atoms with Gasteiger partial charge in [-0.1, -0.05) is 41.9 Å². The van der Waals surface area contributed by atoms with Gasteiger partial charge in [-0.2, -0.15) is 13.2 Å². The number of alkyl halides is 3. The van der Waals surface area contributed by atoms with Crippen LogP contribution in [0.3, 0.4) is 0 Å². The molecule has 0 aliphatic carbocycles. The first-order valence-corrected chi connectivity index (χ1v) is 10.7. The van der Waals surface area contributed by atoms with Gasteiger partial charge in [0.1, 0.15) is 0 Å². The lowest BCUT2D eigenvalue weighted by Crippen LogP contribution is -2.39. The average Bonchev–Trinajstić information content (AvgIpc) is 2.69. The Morgan fingerprint density at radius 1 is 1.10 bits per heavy atom. The summed E-state index contributed by atoms with van der Waals surface area (Å²) in [6, 6.07) is 12.1. The Kier molecular flexibility index (Phi) is 7.16. The molecule has 3 rings (SSSR count). The largest absolute Gasteiger partial charge is 0.416 e. The Bertz CT molecular complexity index is 872. The Hall–Kier alpha value is -1.67. The molecule has 1 aliphatic rings. The molecule has 0 saturated carbocycles. The fraction of sp³-hybridized carbons (Fsp3) is 0.333. The van der Waals surface area contributed by atoms with E-state index < -0.39 is 28.8 Å². The smallest absolute Gasteiger partial charge is 0.347 e. The number of halogens is 4. The van der Waals surface area contributed by atoms with E-state index in [-0.39, 0.29) is 18.5 Å². The van der Waals surface area contributed by atoms with E-state index in [2.05, 4.69) is 0 Å². The lowest BCUT2D eigenvalue weighted by atomic mass is 10.1. The molecule has 0 radical (unpaired) electrons. The van der Waals surface area contributed by atoms with Gasteiger partial charge in [-0.25, -0.2) is 0 Å². The SMILES string of the molecule is CC(=Cc1ccc(C(F)(F)F)cc1)C1OCC(S(=O)Cc2ccc(Cl)cc2)CO1. The van der Waals surface area contributed by atoms with Gasteiger partial charge in [0.25, 0.3) is 0 Å². The summed E-state index contributed by atoms with van der Waals surface area (Å²) in [4.78, 5) is 0. The molecule has 0 N–H and O–H groups in total. The van der Waals surface area contributed by atoms with Crippen molar-refractivity contribution in [3.05, 3.63) is 75.8 Å². The Balaban J connectivity index is 1.54. The molecule has 8 heteroatoms. The van der Waals surface area contributed by atoms with Crippen LogP contribution in [0.4, 0.5) is 13.2 Å². The second kappa shape index (κ2) is 9.43. The second-order valence-corrected chi connectivity index (χ2v) is 8.93. The molecule has 29 heavy (non-hydrogen) atoms. The van der Waals surface area contributed by atoms with Crippen LogP contribution in [0.15, 0.2) is 54.1 Å². The maximum absolute atomic E-state index is 12.6. The quantitative estimate of drug-likeness (QED) is 0.615. The summed E-state index contributed by atoms with van der Waals surface area (Å²) in [5.74, 6) is 0.388. The van der Waals surface area contributed by atoms with E-state index >= 15 is 0 Å². The Morgan fingerprint density at radius 2 is 1.69 bits per heavy atom. The molecule has 1 heterocycles. The second-order valence-electron chi connectivity index (χ2n) is 6.78. The molecule has 156 valence electrons. The van der Waals surface area contributed by atoms with Crippen molar-refractivity contribution in [1.82, 2.24) is 0 Å². The summed E-state index contributed by atoms with van der Waals surface area (Å²) in [6.45, 7) is 2.35. The van der Waals surface area contributed by atoms with Gasteiger partial charge >= 0.3 is 6.18 Å². The highest BCUT2D eigenvalue weighted by atomic mass is 35.5. The first-order chi connectivity index (χ1) is 13.7. The van der Waals surface area contributed by atoms with Crippen LogP contribution in [-0.4, -0.2) is 29.0 Å². The number of rotatable bonds is 5. The number of benzene rings is 2. The zero-order valence-corrected chi connectivity index (χ0v) is 17.2. The molecule has 1 aliphatic heterocycles. The van der Waals surface area contributed by atoms with Crippen LogP contribution in [0, 0.1) is 0 Å². The molecule has 0 aromatic heterocycles. The van der Waals surface area contributed by atoms with E-state index in [0.717, 1.165) is 23.3 Å². The third-order valence-electron chi connectivity index (χ3n) is 4.47. The van der Waals surface area contributed by atoms with Gasteiger partial charge in [-0.3, -0.25) is 4.21 Å². The highest BCUT2D eigenvalue weighted by molar-refractivity contribution is 7.84. The molecule has 2 aromatic rings. The van der Waals surface area contributed by atoms with Crippen LogP contribution in [0.5, 0.6) is 0 Å². The number of hydrogen-bond donors (Lipinski definition) is 0. The number of ether oxygens (including phenoxy) is 2. The van der Waals surface area contributed by atoms with Gasteiger partial charge in [0, 0.05) is 21.6 Å². The van der Waals surface area contributed by atoms with Gasteiger partial charge in [0.15, 0.2) is 6.29 Å². The van der Waals surface area contributed by atoms with Crippen molar-refractivity contribution >= 4 is 28.5 Å². The molecule has 2 aromatic carbocycles. The molecule has 1 unspecified atom stereocenters. The molecule has 0 amide bonds. The highest BCUT2D eigenvalue weighted by Gasteiger charge is 2.30. The molecule has 1 fully saturated rings. The maximum Gasteiger partial charge on any atom is 0.416 e. The van der Waals surface area contributed by atoms with Crippen LogP contribution >= 0.6 is 11.6 Å². The fourth-order valence-corrected chi connectivity index (χ4v) is 4.21. The third-order valence-corrected chi connectivity index (χ3v) is 6.35. The van der Waals surface area contributed by atoms with Gasteiger partial charge in [0.2, 0.25) is 0 Å². The van der Waals surface area contributed by atoms with Crippen molar-refractivity contribution in [2.75, 3.05) is 13.2 Å². The maximum atomic E-state index is 12.6. The van der Waals surface area contributed by atoms with Crippen LogP contribution < -0.4 is 0 Å². The van der Waals surface area contributed by atoms with E-state index in [1.54, 1.807) is 25.1 Å². The van der Waals surface area contributed by atoms with Gasteiger partial charge in [0.05, 0.1) is 24.0 Å². The van der Waals surface area contributed by atoms with Crippen LogP contribution in [0.2, 0.25) is 5.02 Å². The van der Waals surface area contributed by atoms with Crippen molar-refractivity contribution in [3.8, 4) is 0 Å². The highest BCUT2D eigenvalue weighted by Crippen LogP contribution is 2.29. The fourth-order valence-electron chi connectivity index (χ4n) is 2.86. The zero-order chi connectivity index (χ0) is 21.0. The first-order valence-electron chi connectivity index (χ1n) is 8.92. The minimum absolute atomic E-state index is 0.249. The van der Waals surface area contributed by atoms with Gasteiger partial charge in [-0.15, -0.1) is 0 Å². The van der Waals surface area contributed by atoms with E-state index in [4.69, 9.17) is 21.1 Å². The predicted octanol–water partition coefficient (Wildman–Crippen LogP) is 5.45. The molecular weight excluding hydrogens is 425 g/mol. The van der Waals surface area contributed by atoms with Gasteiger partial charge < -0.3 is 9.47 Å². The zero-order valence-electron chi connectivity index (χ0n) is 15.6. The summed E-state index contributed by atoms with van der Waals surface area (Å²) < 4.78 is 61.9. The summed E-state index contributed by atoms with van der Waals surface area (Å²) in [5.41, 5.74) is 1.58. The van der Waals surface area contributed by atoms with Crippen molar-refractivity contribution in [2.24, 2.45) is 0 Å². The van der Waals surface area contributed by atoms with Gasteiger partial charge in [-0.05, 0) is 47.9 Å². The minimum atomic E-state index is -4.36. The van der Waals surface area contributed by atoms with Crippen molar-refractivity contribution in [1.29, 1.82) is 0 Å². The van der Waals surface area contributed by atoms with Crippen LogP contribution in [-0.2, 0) is 32.2 Å². The van der Waals surface area contributed by atoms with E-state index in [1.165, 1.54) is 12.1 Å². The summed E-state index contributed by atoms with van der Waals surface area (Å²) in [5, 5.41) is 0.378. The Labute approximate surface area is 174 Å². The van der Waals surface area contributed by atoms with Crippen LogP contribution in [0.1, 0.15) is 23.6 Å². The molecule has 3 nitrogen and oxygen atoms in total. The predicted molar refractivity (Wildman–Crippen MR) is 108 cm³/mol. The molecular formula is C21H20ClF3O3S. The van der Waals surface area contributed by atoms with E-state index in [1.807, 2.05) is 12.1 Å². The normalized spacial score (nSPS) is 21.8. The monoisotopic (exact) mass is 444 g/mol. The lowest BCUT2D eigenvalue weighted by molar-refractivity contribution is -0.152. The summed E-state index contributed by atoms with van der Waals surface area (Å²) >= 11 is 5.86. The molecule has 1 atom stereocenters. The molecule has 0 spiro atoms. The van der Waals surface area contributed by atoms with E-state index in [9.17, 15) is 17.4 Å². The van der Waals surface area contributed by atoms with Crippen molar-refractivity contribution in [2.45, 2.75) is 30.4 Å².